The molecule has 0 saturated carbocycles. The van der Waals surface area contributed by atoms with Crippen molar-refractivity contribution in [1.82, 2.24) is 16.0 Å². The van der Waals surface area contributed by atoms with Crippen LogP contribution in [0.25, 0.3) is 0 Å². The standard InChI is InChI=1S/C21H27FN4OS.HI/c1-15-7-8-17(19(11-15)28-3)14-26-21(23-2)25-10-9-24-20(27)13-16-5-4-6-18(22)12-16;/h4-8,11-12H,9-10,13-14H2,1-3H3,(H,24,27)(H2,23,25,26);1H. The number of benzene rings is 2. The number of aliphatic imine (C=N–C) groups is 1. The molecule has 2 rings (SSSR count). The lowest BCUT2D eigenvalue weighted by Gasteiger charge is -2.14. The number of rotatable bonds is 8. The summed E-state index contributed by atoms with van der Waals surface area (Å²) in [5.41, 5.74) is 3.11. The van der Waals surface area contributed by atoms with Gasteiger partial charge in [-0.25, -0.2) is 4.39 Å². The summed E-state index contributed by atoms with van der Waals surface area (Å²) in [6.07, 6.45) is 2.23. The van der Waals surface area contributed by atoms with Gasteiger partial charge in [-0.3, -0.25) is 9.79 Å². The molecule has 0 aromatic heterocycles. The van der Waals surface area contributed by atoms with Crippen LogP contribution < -0.4 is 16.0 Å². The predicted molar refractivity (Wildman–Crippen MR) is 130 cm³/mol. The Labute approximate surface area is 193 Å². The van der Waals surface area contributed by atoms with E-state index in [9.17, 15) is 9.18 Å². The lowest BCUT2D eigenvalue weighted by Crippen LogP contribution is -2.41. The van der Waals surface area contributed by atoms with Crippen LogP contribution in [0, 0.1) is 12.7 Å². The molecule has 2 aromatic rings. The van der Waals surface area contributed by atoms with E-state index in [4.69, 9.17) is 0 Å². The minimum Gasteiger partial charge on any atom is -0.355 e. The number of hydrogen-bond donors (Lipinski definition) is 3. The fraction of sp³-hybridized carbons (Fsp3) is 0.333. The van der Waals surface area contributed by atoms with Gasteiger partial charge in [-0.15, -0.1) is 35.7 Å². The van der Waals surface area contributed by atoms with Crippen LogP contribution in [-0.4, -0.2) is 38.3 Å². The molecular weight excluding hydrogens is 502 g/mol. The van der Waals surface area contributed by atoms with Crippen molar-refractivity contribution in [3.63, 3.8) is 0 Å². The van der Waals surface area contributed by atoms with Gasteiger partial charge in [-0.1, -0.05) is 24.3 Å². The Morgan fingerprint density at radius 2 is 1.86 bits per heavy atom. The van der Waals surface area contributed by atoms with E-state index >= 15 is 0 Å². The third-order valence-electron chi connectivity index (χ3n) is 4.11. The minimum absolute atomic E-state index is 0. The zero-order chi connectivity index (χ0) is 20.4. The van der Waals surface area contributed by atoms with Crippen LogP contribution in [-0.2, 0) is 17.8 Å². The summed E-state index contributed by atoms with van der Waals surface area (Å²) in [5, 5.41) is 9.28. The third-order valence-corrected chi connectivity index (χ3v) is 4.93. The Balaban J connectivity index is 0.00000420. The molecule has 0 atom stereocenters. The molecule has 0 aliphatic rings. The monoisotopic (exact) mass is 530 g/mol. The minimum atomic E-state index is -0.333. The predicted octanol–water partition coefficient (Wildman–Crippen LogP) is 3.50. The van der Waals surface area contributed by atoms with E-state index in [2.05, 4.69) is 52.3 Å². The molecule has 8 heteroatoms. The summed E-state index contributed by atoms with van der Waals surface area (Å²) in [7, 11) is 1.71. The SMILES string of the molecule is CN=C(NCCNC(=O)Cc1cccc(F)c1)NCc1ccc(C)cc1SC.I. The topological polar surface area (TPSA) is 65.5 Å². The Hall–Kier alpha value is -1.81. The molecule has 0 bridgehead atoms. The molecule has 0 spiro atoms. The molecule has 0 aliphatic heterocycles. The molecule has 0 radical (unpaired) electrons. The quantitative estimate of drug-likeness (QED) is 0.161. The highest BCUT2D eigenvalue weighted by Gasteiger charge is 2.05. The van der Waals surface area contributed by atoms with Crippen LogP contribution in [0.2, 0.25) is 0 Å². The van der Waals surface area contributed by atoms with Gasteiger partial charge in [0.15, 0.2) is 5.96 Å². The van der Waals surface area contributed by atoms with Crippen LogP contribution in [0.5, 0.6) is 0 Å². The molecule has 3 N–H and O–H groups in total. The van der Waals surface area contributed by atoms with Gasteiger partial charge < -0.3 is 16.0 Å². The second-order valence-corrected chi connectivity index (χ2v) is 7.17. The van der Waals surface area contributed by atoms with E-state index < -0.39 is 0 Å². The van der Waals surface area contributed by atoms with E-state index in [0.717, 1.165) is 0 Å². The van der Waals surface area contributed by atoms with E-state index in [1.54, 1.807) is 30.9 Å². The molecular formula is C21H28FIN4OS. The van der Waals surface area contributed by atoms with Gasteiger partial charge in [0, 0.05) is 31.6 Å². The smallest absolute Gasteiger partial charge is 0.224 e. The van der Waals surface area contributed by atoms with Gasteiger partial charge in [0.05, 0.1) is 6.42 Å². The number of carbonyl (C=O) groups is 1. The average Bonchev–Trinajstić information content (AvgIpc) is 2.68. The summed E-state index contributed by atoms with van der Waals surface area (Å²) in [5.74, 6) is 0.201. The zero-order valence-corrected chi connectivity index (χ0v) is 20.1. The van der Waals surface area contributed by atoms with E-state index in [-0.39, 0.29) is 42.1 Å². The van der Waals surface area contributed by atoms with Crippen molar-refractivity contribution in [2.45, 2.75) is 24.8 Å². The first-order valence-electron chi connectivity index (χ1n) is 9.11. The molecule has 0 fully saturated rings. The van der Waals surface area contributed by atoms with Crippen molar-refractivity contribution in [2.24, 2.45) is 4.99 Å². The Morgan fingerprint density at radius 3 is 2.55 bits per heavy atom. The molecule has 158 valence electrons. The highest BCUT2D eigenvalue weighted by Crippen LogP contribution is 2.21. The number of amides is 1. The van der Waals surface area contributed by atoms with Crippen LogP contribution in [0.4, 0.5) is 4.39 Å². The second kappa shape index (κ2) is 13.4. The number of nitrogens with one attached hydrogen (secondary N) is 3. The summed E-state index contributed by atoms with van der Waals surface area (Å²) < 4.78 is 13.2. The van der Waals surface area contributed by atoms with Crippen LogP contribution in [0.3, 0.4) is 0 Å². The molecule has 2 aromatic carbocycles. The lowest BCUT2D eigenvalue weighted by molar-refractivity contribution is -0.120. The van der Waals surface area contributed by atoms with Gasteiger partial charge in [0.2, 0.25) is 5.91 Å². The molecule has 29 heavy (non-hydrogen) atoms. The highest BCUT2D eigenvalue weighted by atomic mass is 127. The number of halogens is 2. The van der Waals surface area contributed by atoms with Crippen molar-refractivity contribution < 1.29 is 9.18 Å². The first kappa shape index (κ1) is 25.2. The van der Waals surface area contributed by atoms with E-state index in [1.807, 2.05) is 0 Å². The average molecular weight is 530 g/mol. The largest absolute Gasteiger partial charge is 0.355 e. The van der Waals surface area contributed by atoms with Gasteiger partial charge in [-0.2, -0.15) is 0 Å². The molecule has 0 aliphatic carbocycles. The van der Waals surface area contributed by atoms with Gasteiger partial charge in [0.25, 0.3) is 0 Å². The number of hydrogen-bond acceptors (Lipinski definition) is 3. The van der Waals surface area contributed by atoms with Crippen LogP contribution in [0.15, 0.2) is 52.4 Å². The summed E-state index contributed by atoms with van der Waals surface area (Å²) in [4.78, 5) is 17.4. The molecule has 0 unspecified atom stereocenters. The number of carbonyl (C=O) groups excluding carboxylic acids is 1. The van der Waals surface area contributed by atoms with Crippen molar-refractivity contribution in [1.29, 1.82) is 0 Å². The van der Waals surface area contributed by atoms with Crippen molar-refractivity contribution in [3.8, 4) is 0 Å². The fourth-order valence-corrected chi connectivity index (χ4v) is 3.38. The van der Waals surface area contributed by atoms with Gasteiger partial charge in [0.1, 0.15) is 5.82 Å². The number of aryl methyl sites for hydroxylation is 1. The van der Waals surface area contributed by atoms with Gasteiger partial charge in [-0.05, 0) is 48.1 Å². The molecule has 1 amide bonds. The maximum Gasteiger partial charge on any atom is 0.224 e. The Bertz CT molecular complexity index is 832. The molecule has 0 saturated heterocycles. The van der Waals surface area contributed by atoms with Crippen LogP contribution in [0.1, 0.15) is 16.7 Å². The first-order valence-corrected chi connectivity index (χ1v) is 10.3. The molecule has 0 heterocycles. The van der Waals surface area contributed by atoms with E-state index in [0.29, 0.717) is 31.2 Å². The Morgan fingerprint density at radius 1 is 1.10 bits per heavy atom. The Kier molecular flexibility index (Phi) is 11.7. The van der Waals surface area contributed by atoms with Gasteiger partial charge >= 0.3 is 0 Å². The summed E-state index contributed by atoms with van der Waals surface area (Å²) >= 11 is 1.72. The van der Waals surface area contributed by atoms with Crippen molar-refractivity contribution in [2.75, 3.05) is 26.4 Å². The van der Waals surface area contributed by atoms with Crippen molar-refractivity contribution in [3.05, 3.63) is 65.0 Å². The maximum atomic E-state index is 13.2. The number of guanidine groups is 1. The number of thioether (sulfide) groups is 1. The zero-order valence-electron chi connectivity index (χ0n) is 16.9. The summed E-state index contributed by atoms with van der Waals surface area (Å²) in [6, 6.07) is 12.5. The van der Waals surface area contributed by atoms with Crippen LogP contribution >= 0.6 is 35.7 Å². The maximum absolute atomic E-state index is 13.2. The normalized spacial score (nSPS) is 10.8. The molecule has 5 nitrogen and oxygen atoms in total. The van der Waals surface area contributed by atoms with E-state index in [1.165, 1.54) is 28.2 Å². The summed E-state index contributed by atoms with van der Waals surface area (Å²) in [6.45, 7) is 3.75. The fourth-order valence-electron chi connectivity index (χ4n) is 2.68. The first-order chi connectivity index (χ1) is 13.5. The highest BCUT2D eigenvalue weighted by molar-refractivity contribution is 14.0. The number of nitrogens with zero attached hydrogens (tertiary/aromatic N) is 1. The van der Waals surface area contributed by atoms with Crippen molar-refractivity contribution >= 4 is 47.6 Å². The third kappa shape index (κ3) is 9.03. The second-order valence-electron chi connectivity index (χ2n) is 6.32. The lowest BCUT2D eigenvalue weighted by atomic mass is 10.1.